The van der Waals surface area contributed by atoms with Crippen LogP contribution in [0.1, 0.15) is 44.1 Å². The fourth-order valence-corrected chi connectivity index (χ4v) is 3.17. The van der Waals surface area contributed by atoms with Crippen molar-refractivity contribution in [2.24, 2.45) is 0 Å². The van der Waals surface area contributed by atoms with Crippen LogP contribution in [0.15, 0.2) is 60.9 Å². The van der Waals surface area contributed by atoms with Crippen molar-refractivity contribution in [3.63, 3.8) is 0 Å². The molecule has 0 bridgehead atoms. The van der Waals surface area contributed by atoms with E-state index in [1.54, 1.807) is 12.4 Å². The number of nitrogens with zero attached hydrogens (tertiary/aromatic N) is 3. The molecule has 0 aromatic carbocycles. The first-order valence-electron chi connectivity index (χ1n) is 9.81. The number of aryl methyl sites for hydroxylation is 1. The van der Waals surface area contributed by atoms with Gasteiger partial charge in [-0.05, 0) is 61.2 Å². The first-order valence-corrected chi connectivity index (χ1v) is 9.81. The molecule has 0 saturated carbocycles. The van der Waals surface area contributed by atoms with E-state index in [0.29, 0.717) is 6.61 Å². The zero-order chi connectivity index (χ0) is 18.7. The zero-order valence-corrected chi connectivity index (χ0v) is 15.7. The fraction of sp³-hybridized carbons (Fsp3) is 0.348. The van der Waals surface area contributed by atoms with Crippen LogP contribution >= 0.6 is 0 Å². The maximum absolute atomic E-state index is 8.84. The lowest BCUT2D eigenvalue weighted by Crippen LogP contribution is -1.96. The molecule has 4 nitrogen and oxygen atoms in total. The van der Waals surface area contributed by atoms with Crippen LogP contribution in [0.25, 0.3) is 22.8 Å². The highest BCUT2D eigenvalue weighted by Gasteiger charge is 2.08. The van der Waals surface area contributed by atoms with E-state index >= 15 is 0 Å². The van der Waals surface area contributed by atoms with Crippen molar-refractivity contribution in [2.75, 3.05) is 6.61 Å². The van der Waals surface area contributed by atoms with Gasteiger partial charge in [0.2, 0.25) is 0 Å². The predicted molar refractivity (Wildman–Crippen MR) is 109 cm³/mol. The minimum atomic E-state index is 0.309. The molecule has 0 aliphatic heterocycles. The van der Waals surface area contributed by atoms with Gasteiger partial charge in [0.25, 0.3) is 0 Å². The van der Waals surface area contributed by atoms with Gasteiger partial charge in [0, 0.05) is 19.0 Å². The number of aliphatic hydroxyl groups excluding tert-OH is 1. The summed E-state index contributed by atoms with van der Waals surface area (Å²) in [5, 5.41) is 8.84. The van der Waals surface area contributed by atoms with E-state index in [1.165, 1.54) is 24.8 Å². The van der Waals surface area contributed by atoms with Crippen LogP contribution in [0.2, 0.25) is 0 Å². The zero-order valence-electron chi connectivity index (χ0n) is 15.7. The molecule has 4 heteroatoms. The van der Waals surface area contributed by atoms with Crippen molar-refractivity contribution in [3.05, 3.63) is 66.5 Å². The molecule has 0 radical (unpaired) electrons. The van der Waals surface area contributed by atoms with Crippen LogP contribution in [-0.2, 0) is 6.42 Å². The van der Waals surface area contributed by atoms with Gasteiger partial charge < -0.3 is 5.11 Å². The quantitative estimate of drug-likeness (QED) is 0.512. The Labute approximate surface area is 161 Å². The van der Waals surface area contributed by atoms with E-state index in [1.807, 2.05) is 36.4 Å². The average molecular weight is 361 g/mol. The third kappa shape index (κ3) is 5.97. The lowest BCUT2D eigenvalue weighted by Gasteiger charge is -2.09. The topological polar surface area (TPSA) is 58.9 Å². The number of hydrogen-bond acceptors (Lipinski definition) is 4. The smallest absolute Gasteiger partial charge is 0.0897 e. The maximum Gasteiger partial charge on any atom is 0.0897 e. The third-order valence-electron chi connectivity index (χ3n) is 4.61. The monoisotopic (exact) mass is 361 g/mol. The Morgan fingerprint density at radius 2 is 1.19 bits per heavy atom. The molecule has 0 aliphatic carbocycles. The highest BCUT2D eigenvalue weighted by Crippen LogP contribution is 2.23. The van der Waals surface area contributed by atoms with Gasteiger partial charge in [0.15, 0.2) is 0 Å². The molecule has 0 fully saturated rings. The van der Waals surface area contributed by atoms with Crippen LogP contribution in [0.3, 0.4) is 0 Å². The van der Waals surface area contributed by atoms with Crippen molar-refractivity contribution in [2.45, 2.75) is 44.9 Å². The molecule has 1 N–H and O–H groups in total. The van der Waals surface area contributed by atoms with E-state index < -0.39 is 0 Å². The third-order valence-corrected chi connectivity index (χ3v) is 4.61. The normalized spacial score (nSPS) is 10.9. The van der Waals surface area contributed by atoms with E-state index in [4.69, 9.17) is 10.1 Å². The summed E-state index contributed by atoms with van der Waals surface area (Å²) in [6.45, 7) is 0.309. The molecule has 0 saturated heterocycles. The molecule has 3 aromatic rings. The van der Waals surface area contributed by atoms with Gasteiger partial charge in [0.1, 0.15) is 0 Å². The molecule has 0 amide bonds. The van der Waals surface area contributed by atoms with Crippen molar-refractivity contribution in [1.29, 1.82) is 0 Å². The molecular formula is C23H27N3O. The minimum Gasteiger partial charge on any atom is -0.396 e. The summed E-state index contributed by atoms with van der Waals surface area (Å²) in [6, 6.07) is 16.1. The lowest BCUT2D eigenvalue weighted by atomic mass is 10.0. The van der Waals surface area contributed by atoms with Crippen molar-refractivity contribution >= 4 is 0 Å². The van der Waals surface area contributed by atoms with Crippen LogP contribution in [0.5, 0.6) is 0 Å². The average Bonchev–Trinajstić information content (AvgIpc) is 2.74. The Morgan fingerprint density at radius 3 is 1.70 bits per heavy atom. The Morgan fingerprint density at radius 1 is 0.630 bits per heavy atom. The Balaban J connectivity index is 1.73. The number of unbranched alkanes of at least 4 members (excludes halogenated alkanes) is 5. The van der Waals surface area contributed by atoms with E-state index in [0.717, 1.165) is 48.5 Å². The summed E-state index contributed by atoms with van der Waals surface area (Å²) in [4.78, 5) is 13.7. The largest absolute Gasteiger partial charge is 0.396 e. The Bertz CT molecular complexity index is 749. The molecule has 3 aromatic heterocycles. The van der Waals surface area contributed by atoms with Gasteiger partial charge in [-0.2, -0.15) is 0 Å². The first-order chi connectivity index (χ1) is 13.4. The number of aliphatic hydroxyl groups is 1. The van der Waals surface area contributed by atoms with Crippen LogP contribution in [0.4, 0.5) is 0 Å². The second kappa shape index (κ2) is 10.5. The molecule has 3 rings (SSSR count). The molecule has 0 atom stereocenters. The van der Waals surface area contributed by atoms with E-state index in [-0.39, 0.29) is 0 Å². The Kier molecular flexibility index (Phi) is 7.48. The summed E-state index contributed by atoms with van der Waals surface area (Å²) in [5.74, 6) is 0. The van der Waals surface area contributed by atoms with Crippen LogP contribution < -0.4 is 0 Å². The summed E-state index contributed by atoms with van der Waals surface area (Å²) >= 11 is 0. The lowest BCUT2D eigenvalue weighted by molar-refractivity contribution is 0.282. The molecule has 0 unspecified atom stereocenters. The molecule has 27 heavy (non-hydrogen) atoms. The van der Waals surface area contributed by atoms with E-state index in [2.05, 4.69) is 22.1 Å². The number of rotatable bonds is 10. The summed E-state index contributed by atoms with van der Waals surface area (Å²) < 4.78 is 0. The number of hydrogen-bond donors (Lipinski definition) is 1. The Hall–Kier alpha value is -2.59. The van der Waals surface area contributed by atoms with Gasteiger partial charge in [-0.25, -0.2) is 4.98 Å². The molecule has 140 valence electrons. The first kappa shape index (κ1) is 19.2. The van der Waals surface area contributed by atoms with Crippen molar-refractivity contribution < 1.29 is 5.11 Å². The van der Waals surface area contributed by atoms with Gasteiger partial charge in [-0.3, -0.25) is 9.97 Å². The SMILES string of the molecule is OCCCCCCCCc1cc(-c2ccccn2)nc(-c2ccccn2)c1. The maximum atomic E-state index is 8.84. The van der Waals surface area contributed by atoms with E-state index in [9.17, 15) is 0 Å². The van der Waals surface area contributed by atoms with Crippen LogP contribution in [-0.4, -0.2) is 26.7 Å². The highest BCUT2D eigenvalue weighted by atomic mass is 16.2. The van der Waals surface area contributed by atoms with Gasteiger partial charge in [-0.15, -0.1) is 0 Å². The van der Waals surface area contributed by atoms with Crippen LogP contribution in [0, 0.1) is 0 Å². The fourth-order valence-electron chi connectivity index (χ4n) is 3.17. The predicted octanol–water partition coefficient (Wildman–Crippen LogP) is 5.08. The summed E-state index contributed by atoms with van der Waals surface area (Å²) in [7, 11) is 0. The number of pyridine rings is 3. The van der Waals surface area contributed by atoms with Gasteiger partial charge in [-0.1, -0.05) is 37.8 Å². The summed E-state index contributed by atoms with van der Waals surface area (Å²) in [6.07, 6.45) is 11.5. The van der Waals surface area contributed by atoms with Crippen molar-refractivity contribution in [3.8, 4) is 22.8 Å². The molecule has 0 aliphatic rings. The minimum absolute atomic E-state index is 0.309. The summed E-state index contributed by atoms with van der Waals surface area (Å²) in [5.41, 5.74) is 4.86. The molecular weight excluding hydrogens is 334 g/mol. The second-order valence-electron chi connectivity index (χ2n) is 6.77. The number of aromatic nitrogens is 3. The molecule has 0 spiro atoms. The van der Waals surface area contributed by atoms with Gasteiger partial charge >= 0.3 is 0 Å². The second-order valence-corrected chi connectivity index (χ2v) is 6.77. The van der Waals surface area contributed by atoms with Gasteiger partial charge in [0.05, 0.1) is 22.8 Å². The van der Waals surface area contributed by atoms with Crippen molar-refractivity contribution in [1.82, 2.24) is 15.0 Å². The molecule has 3 heterocycles. The standard InChI is InChI=1S/C23H27N3O/c27-16-10-4-2-1-3-5-11-19-17-22(20-12-6-8-14-24-20)26-23(18-19)21-13-7-9-15-25-21/h6-9,12-15,17-18,27H,1-5,10-11,16H2. The highest BCUT2D eigenvalue weighted by molar-refractivity contribution is 5.63.